The van der Waals surface area contributed by atoms with Gasteiger partial charge >= 0.3 is 0 Å². The number of aryl methyl sites for hydroxylation is 1. The Morgan fingerprint density at radius 2 is 2.31 bits per heavy atom. The van der Waals surface area contributed by atoms with E-state index in [0.29, 0.717) is 0 Å². The first-order valence-electron chi connectivity index (χ1n) is 4.24. The lowest BCUT2D eigenvalue weighted by Gasteiger charge is -2.01. The van der Waals surface area contributed by atoms with Gasteiger partial charge in [-0.2, -0.15) is 0 Å². The van der Waals surface area contributed by atoms with Gasteiger partial charge in [-0.25, -0.2) is 0 Å². The van der Waals surface area contributed by atoms with Gasteiger partial charge in [0.25, 0.3) is 0 Å². The molecule has 1 rings (SSSR count). The van der Waals surface area contributed by atoms with Crippen molar-refractivity contribution in [3.63, 3.8) is 0 Å². The van der Waals surface area contributed by atoms with Crippen molar-refractivity contribution in [3.8, 4) is 0 Å². The Morgan fingerprint density at radius 1 is 1.46 bits per heavy atom. The molecular weight excluding hydrogens is 230 g/mol. The van der Waals surface area contributed by atoms with Crippen LogP contribution in [0.3, 0.4) is 0 Å². The molecule has 0 aliphatic rings. The van der Waals surface area contributed by atoms with E-state index in [4.69, 9.17) is 0 Å². The van der Waals surface area contributed by atoms with Crippen LogP contribution in [0.25, 0.3) is 0 Å². The van der Waals surface area contributed by atoms with Crippen molar-refractivity contribution in [2.45, 2.75) is 12.8 Å². The fourth-order valence-corrected chi connectivity index (χ4v) is 1.59. The van der Waals surface area contributed by atoms with Gasteiger partial charge in [-0.05, 0) is 30.5 Å². The molecule has 0 fully saturated rings. The van der Waals surface area contributed by atoms with Crippen LogP contribution in [0, 0.1) is 0 Å². The quantitative estimate of drug-likeness (QED) is 0.622. The van der Waals surface area contributed by atoms with Crippen molar-refractivity contribution >= 4 is 22.3 Å². The maximum absolute atomic E-state index is 9.95. The zero-order chi connectivity index (χ0) is 9.52. The topological polar surface area (TPSA) is 29.1 Å². The SMILES string of the molecule is O=CNCCCc1cccc(Br)c1. The highest BCUT2D eigenvalue weighted by molar-refractivity contribution is 9.10. The van der Waals surface area contributed by atoms with E-state index in [-0.39, 0.29) is 0 Å². The van der Waals surface area contributed by atoms with E-state index < -0.39 is 0 Å². The van der Waals surface area contributed by atoms with Crippen molar-refractivity contribution in [1.82, 2.24) is 5.32 Å². The van der Waals surface area contributed by atoms with Gasteiger partial charge in [0.1, 0.15) is 0 Å². The summed E-state index contributed by atoms with van der Waals surface area (Å²) in [6.07, 6.45) is 2.72. The van der Waals surface area contributed by atoms with Gasteiger partial charge in [-0.15, -0.1) is 0 Å². The highest BCUT2D eigenvalue weighted by Gasteiger charge is 1.93. The zero-order valence-corrected chi connectivity index (χ0v) is 8.88. The number of hydrogen-bond acceptors (Lipinski definition) is 1. The molecule has 0 bridgehead atoms. The Balaban J connectivity index is 2.32. The van der Waals surface area contributed by atoms with Crippen LogP contribution in [0.15, 0.2) is 28.7 Å². The second-order valence-electron chi connectivity index (χ2n) is 2.81. The van der Waals surface area contributed by atoms with E-state index in [9.17, 15) is 4.79 Å². The molecule has 1 aromatic rings. The largest absolute Gasteiger partial charge is 0.359 e. The third kappa shape index (κ3) is 4.08. The zero-order valence-electron chi connectivity index (χ0n) is 7.29. The third-order valence-corrected chi connectivity index (χ3v) is 2.25. The maximum atomic E-state index is 9.95. The van der Waals surface area contributed by atoms with Crippen LogP contribution < -0.4 is 5.32 Å². The smallest absolute Gasteiger partial charge is 0.207 e. The van der Waals surface area contributed by atoms with Crippen molar-refractivity contribution in [1.29, 1.82) is 0 Å². The van der Waals surface area contributed by atoms with Gasteiger partial charge in [-0.3, -0.25) is 4.79 Å². The summed E-state index contributed by atoms with van der Waals surface area (Å²) in [6.45, 7) is 0.746. The molecule has 0 aliphatic heterocycles. The van der Waals surface area contributed by atoms with Gasteiger partial charge < -0.3 is 5.32 Å². The Kier molecular flexibility index (Phi) is 4.54. The van der Waals surface area contributed by atoms with Crippen molar-refractivity contribution in [2.75, 3.05) is 6.54 Å². The summed E-state index contributed by atoms with van der Waals surface area (Å²) in [5, 5.41) is 2.64. The number of nitrogens with one attached hydrogen (secondary N) is 1. The minimum atomic E-state index is 0.737. The molecule has 0 spiro atoms. The summed E-state index contributed by atoms with van der Waals surface area (Å²) < 4.78 is 1.10. The fourth-order valence-electron chi connectivity index (χ4n) is 1.15. The van der Waals surface area contributed by atoms with Crippen LogP contribution in [-0.2, 0) is 11.2 Å². The number of amides is 1. The first-order chi connectivity index (χ1) is 6.33. The molecule has 70 valence electrons. The summed E-state index contributed by atoms with van der Waals surface area (Å²) in [7, 11) is 0. The molecule has 0 heterocycles. The van der Waals surface area contributed by atoms with Gasteiger partial charge in [0.15, 0.2) is 0 Å². The molecule has 0 atom stereocenters. The Morgan fingerprint density at radius 3 is 3.00 bits per heavy atom. The minimum absolute atomic E-state index is 0.737. The summed E-state index contributed by atoms with van der Waals surface area (Å²) in [5.41, 5.74) is 1.29. The molecule has 0 aromatic heterocycles. The molecule has 0 radical (unpaired) electrons. The Bertz CT molecular complexity index is 275. The number of benzene rings is 1. The van der Waals surface area contributed by atoms with E-state index in [2.05, 4.69) is 33.4 Å². The summed E-state index contributed by atoms with van der Waals surface area (Å²) in [6, 6.07) is 8.21. The summed E-state index contributed by atoms with van der Waals surface area (Å²) in [4.78, 5) is 9.95. The van der Waals surface area contributed by atoms with E-state index >= 15 is 0 Å². The van der Waals surface area contributed by atoms with Crippen LogP contribution in [-0.4, -0.2) is 13.0 Å². The average Bonchev–Trinajstić information content (AvgIpc) is 2.13. The fraction of sp³-hybridized carbons (Fsp3) is 0.300. The van der Waals surface area contributed by atoms with E-state index in [1.807, 2.05) is 12.1 Å². The highest BCUT2D eigenvalue weighted by atomic mass is 79.9. The van der Waals surface area contributed by atoms with Gasteiger partial charge in [0, 0.05) is 11.0 Å². The van der Waals surface area contributed by atoms with Gasteiger partial charge in [0.05, 0.1) is 0 Å². The van der Waals surface area contributed by atoms with Crippen molar-refractivity contribution < 1.29 is 4.79 Å². The predicted molar refractivity (Wildman–Crippen MR) is 56.5 cm³/mol. The minimum Gasteiger partial charge on any atom is -0.359 e. The number of carbonyl (C=O) groups excluding carboxylic acids is 1. The molecule has 1 N–H and O–H groups in total. The second-order valence-corrected chi connectivity index (χ2v) is 3.72. The van der Waals surface area contributed by atoms with Gasteiger partial charge in [0.2, 0.25) is 6.41 Å². The summed E-state index contributed by atoms with van der Waals surface area (Å²) >= 11 is 3.41. The molecule has 1 amide bonds. The molecule has 1 aromatic carbocycles. The van der Waals surface area contributed by atoms with Crippen LogP contribution in [0.4, 0.5) is 0 Å². The first kappa shape index (κ1) is 10.3. The monoisotopic (exact) mass is 241 g/mol. The molecule has 13 heavy (non-hydrogen) atoms. The number of carbonyl (C=O) groups is 1. The molecule has 0 saturated carbocycles. The molecule has 0 unspecified atom stereocenters. The molecule has 3 heteroatoms. The summed E-state index contributed by atoms with van der Waals surface area (Å²) in [5.74, 6) is 0. The number of hydrogen-bond donors (Lipinski definition) is 1. The van der Waals surface area contributed by atoms with E-state index in [0.717, 1.165) is 30.3 Å². The molecule has 2 nitrogen and oxygen atoms in total. The highest BCUT2D eigenvalue weighted by Crippen LogP contribution is 2.12. The van der Waals surface area contributed by atoms with Crippen LogP contribution in [0.5, 0.6) is 0 Å². The maximum Gasteiger partial charge on any atom is 0.207 e. The lowest BCUT2D eigenvalue weighted by Crippen LogP contribution is -2.12. The second kappa shape index (κ2) is 5.75. The van der Waals surface area contributed by atoms with E-state index in [1.54, 1.807) is 0 Å². The first-order valence-corrected chi connectivity index (χ1v) is 5.03. The Labute approximate surface area is 86.5 Å². The average molecular weight is 242 g/mol. The van der Waals surface area contributed by atoms with Gasteiger partial charge in [-0.1, -0.05) is 28.1 Å². The van der Waals surface area contributed by atoms with Crippen molar-refractivity contribution in [2.24, 2.45) is 0 Å². The lowest BCUT2D eigenvalue weighted by molar-refractivity contribution is -0.109. The van der Waals surface area contributed by atoms with Crippen LogP contribution in [0.2, 0.25) is 0 Å². The number of halogens is 1. The van der Waals surface area contributed by atoms with E-state index in [1.165, 1.54) is 5.56 Å². The van der Waals surface area contributed by atoms with Crippen LogP contribution >= 0.6 is 15.9 Å². The predicted octanol–water partition coefficient (Wildman–Crippen LogP) is 2.13. The normalized spacial score (nSPS) is 9.62. The molecule has 0 saturated heterocycles. The third-order valence-electron chi connectivity index (χ3n) is 1.76. The Hall–Kier alpha value is -0.830. The standard InChI is InChI=1S/C10H12BrNO/c11-10-5-1-3-9(7-10)4-2-6-12-8-13/h1,3,5,7-8H,2,4,6H2,(H,12,13). The molecular formula is C10H12BrNO. The van der Waals surface area contributed by atoms with Crippen molar-refractivity contribution in [3.05, 3.63) is 34.3 Å². The molecule has 0 aliphatic carbocycles. The van der Waals surface area contributed by atoms with Crippen LogP contribution in [0.1, 0.15) is 12.0 Å². The number of rotatable bonds is 5. The lowest BCUT2D eigenvalue weighted by atomic mass is 10.1.